The van der Waals surface area contributed by atoms with Crippen LogP contribution in [0.3, 0.4) is 0 Å². The number of phenolic OH excluding ortho intramolecular Hbond substituents is 1. The molecule has 1 aromatic rings. The summed E-state index contributed by atoms with van der Waals surface area (Å²) < 4.78 is 5.52. The first kappa shape index (κ1) is 24.0. The quantitative estimate of drug-likeness (QED) is 0.351. The molecule has 188 valence electrons. The molecule has 6 atom stereocenters. The maximum Gasteiger partial charge on any atom is 0.328 e. The topological polar surface area (TPSA) is 190 Å². The van der Waals surface area contributed by atoms with Gasteiger partial charge in [0.15, 0.2) is 11.5 Å². The molecule has 6 unspecified atom stereocenters. The number of imide groups is 6. The summed E-state index contributed by atoms with van der Waals surface area (Å²) in [6.07, 6.45) is 1.88. The Morgan fingerprint density at radius 3 is 2.11 bits per heavy atom. The Hall–Kier alpha value is -3.74. The van der Waals surface area contributed by atoms with E-state index in [0.717, 1.165) is 0 Å². The average Bonchev–Trinajstić information content (AvgIpc) is 3.23. The summed E-state index contributed by atoms with van der Waals surface area (Å²) in [5, 5.41) is 10.3. The SMILES string of the molecule is COc1cc(C2C3=CCC4C(=O)N(C(N)=O)C(=O)C4C3CC3C(=O)N(C(N)=O)C(=O)C32)cc(Br)c1O. The number of allylic oxidation sites excluding steroid dienone is 2. The van der Waals surface area contributed by atoms with Gasteiger partial charge in [-0.25, -0.2) is 9.59 Å². The van der Waals surface area contributed by atoms with Crippen LogP contribution in [0.1, 0.15) is 24.3 Å². The molecule has 36 heavy (non-hydrogen) atoms. The maximum absolute atomic E-state index is 13.3. The van der Waals surface area contributed by atoms with Gasteiger partial charge in [0.25, 0.3) is 0 Å². The Labute approximate surface area is 212 Å². The number of carbonyl (C=O) groups excluding carboxylic acids is 6. The lowest BCUT2D eigenvalue weighted by Crippen LogP contribution is -2.44. The van der Waals surface area contributed by atoms with Crippen molar-refractivity contribution in [1.29, 1.82) is 0 Å². The van der Waals surface area contributed by atoms with Crippen LogP contribution in [0.2, 0.25) is 0 Å². The zero-order valence-corrected chi connectivity index (χ0v) is 20.4. The van der Waals surface area contributed by atoms with E-state index in [1.165, 1.54) is 13.2 Å². The van der Waals surface area contributed by atoms with E-state index in [4.69, 9.17) is 16.2 Å². The third-order valence-corrected chi connectivity index (χ3v) is 8.32. The molecule has 4 aliphatic rings. The van der Waals surface area contributed by atoms with Crippen LogP contribution < -0.4 is 16.2 Å². The largest absolute Gasteiger partial charge is 0.503 e. The molecule has 2 aliphatic heterocycles. The van der Waals surface area contributed by atoms with Crippen LogP contribution in [0.5, 0.6) is 11.5 Å². The van der Waals surface area contributed by atoms with Crippen LogP contribution in [0.15, 0.2) is 28.3 Å². The van der Waals surface area contributed by atoms with Gasteiger partial charge >= 0.3 is 12.1 Å². The van der Waals surface area contributed by atoms with Crippen molar-refractivity contribution in [3.63, 3.8) is 0 Å². The van der Waals surface area contributed by atoms with Gasteiger partial charge < -0.3 is 21.3 Å². The summed E-state index contributed by atoms with van der Waals surface area (Å²) in [5.74, 6) is -8.36. The summed E-state index contributed by atoms with van der Waals surface area (Å²) in [4.78, 5) is 77.2. The Morgan fingerprint density at radius 1 is 0.944 bits per heavy atom. The lowest BCUT2D eigenvalue weighted by atomic mass is 9.57. The van der Waals surface area contributed by atoms with Gasteiger partial charge in [-0.05, 0) is 52.4 Å². The molecule has 2 saturated heterocycles. The van der Waals surface area contributed by atoms with Gasteiger partial charge in [0.1, 0.15) is 0 Å². The number of hydrogen-bond donors (Lipinski definition) is 3. The average molecular weight is 561 g/mol. The first-order valence-electron chi connectivity index (χ1n) is 11.1. The molecule has 5 N–H and O–H groups in total. The van der Waals surface area contributed by atoms with Crippen molar-refractivity contribution in [3.05, 3.63) is 33.8 Å². The summed E-state index contributed by atoms with van der Waals surface area (Å²) in [6, 6.07) is 0.700. The van der Waals surface area contributed by atoms with E-state index >= 15 is 0 Å². The highest BCUT2D eigenvalue weighted by Gasteiger charge is 2.63. The van der Waals surface area contributed by atoms with E-state index < -0.39 is 71.2 Å². The molecule has 5 rings (SSSR count). The van der Waals surface area contributed by atoms with Crippen LogP contribution in [-0.2, 0) is 19.2 Å². The van der Waals surface area contributed by atoms with Crippen molar-refractivity contribution in [1.82, 2.24) is 9.80 Å². The Morgan fingerprint density at radius 2 is 1.53 bits per heavy atom. The van der Waals surface area contributed by atoms with E-state index in [1.807, 2.05) is 0 Å². The van der Waals surface area contributed by atoms with Crippen LogP contribution in [-0.4, -0.2) is 57.7 Å². The van der Waals surface area contributed by atoms with Crippen molar-refractivity contribution < 1.29 is 38.6 Å². The number of halogens is 1. The zero-order valence-electron chi connectivity index (χ0n) is 18.8. The normalized spacial score (nSPS) is 31.1. The van der Waals surface area contributed by atoms with Gasteiger partial charge in [0, 0.05) is 5.92 Å². The number of urea groups is 2. The monoisotopic (exact) mass is 560 g/mol. The number of phenols is 1. The molecule has 3 fully saturated rings. The molecule has 1 saturated carbocycles. The fourth-order valence-electron chi connectivity index (χ4n) is 6.33. The number of methoxy groups -OCH3 is 1. The summed E-state index contributed by atoms with van der Waals surface area (Å²) in [5.41, 5.74) is 11.7. The van der Waals surface area contributed by atoms with E-state index in [2.05, 4.69) is 15.9 Å². The second-order valence-corrected chi connectivity index (χ2v) is 10.1. The summed E-state index contributed by atoms with van der Waals surface area (Å²) >= 11 is 3.27. The van der Waals surface area contributed by atoms with Crippen LogP contribution >= 0.6 is 15.9 Å². The molecule has 1 aromatic carbocycles. The van der Waals surface area contributed by atoms with Crippen LogP contribution in [0.25, 0.3) is 0 Å². The summed E-state index contributed by atoms with van der Waals surface area (Å²) in [6.45, 7) is 0. The highest BCUT2D eigenvalue weighted by molar-refractivity contribution is 9.10. The molecule has 2 aliphatic carbocycles. The minimum atomic E-state index is -1.20. The molecule has 12 nitrogen and oxygen atoms in total. The number of fused-ring (bicyclic) bond motifs is 4. The van der Waals surface area contributed by atoms with Crippen molar-refractivity contribution in [2.75, 3.05) is 7.11 Å². The number of carbonyl (C=O) groups is 6. The standard InChI is InChI=1S/C23H21BrN4O8/c1-36-13-5-7(4-12(24)17(13)29)14-8-2-3-9-15(20(32)27(18(9)30)22(25)34)10(8)6-11-16(14)21(33)28(19(11)31)23(26)35/h2,4-5,9-11,14-16,29H,3,6H2,1H3,(H2,25,34)(H2,26,35). The molecule has 0 aromatic heterocycles. The second-order valence-electron chi connectivity index (χ2n) is 9.28. The van der Waals surface area contributed by atoms with Crippen LogP contribution in [0, 0.1) is 29.6 Å². The molecule has 2 heterocycles. The number of amides is 8. The number of nitrogens with two attached hydrogens (primary N) is 2. The number of nitrogens with zero attached hydrogens (tertiary/aromatic N) is 2. The lowest BCUT2D eigenvalue weighted by Gasteiger charge is -2.44. The van der Waals surface area contributed by atoms with E-state index in [1.54, 1.807) is 12.1 Å². The van der Waals surface area contributed by atoms with E-state index in [0.29, 0.717) is 20.9 Å². The lowest BCUT2D eigenvalue weighted by molar-refractivity contribution is -0.138. The van der Waals surface area contributed by atoms with Gasteiger partial charge in [-0.3, -0.25) is 19.2 Å². The maximum atomic E-state index is 13.3. The summed E-state index contributed by atoms with van der Waals surface area (Å²) in [7, 11) is 1.35. The molecule has 0 spiro atoms. The Balaban J connectivity index is 1.69. The predicted octanol–water partition coefficient (Wildman–Crippen LogP) is 0.957. The molecular formula is C23H21BrN4O8. The van der Waals surface area contributed by atoms with Crippen molar-refractivity contribution in [2.45, 2.75) is 18.8 Å². The van der Waals surface area contributed by atoms with Gasteiger partial charge in [-0.2, -0.15) is 9.80 Å². The van der Waals surface area contributed by atoms with E-state index in [-0.39, 0.29) is 28.8 Å². The number of rotatable bonds is 2. The molecule has 0 radical (unpaired) electrons. The van der Waals surface area contributed by atoms with Crippen molar-refractivity contribution >= 4 is 51.6 Å². The zero-order chi connectivity index (χ0) is 26.2. The van der Waals surface area contributed by atoms with Gasteiger partial charge in [0.2, 0.25) is 23.6 Å². The number of primary amides is 2. The Kier molecular flexibility index (Phi) is 5.43. The fourth-order valence-corrected chi connectivity index (χ4v) is 6.79. The highest BCUT2D eigenvalue weighted by atomic mass is 79.9. The number of aromatic hydroxyl groups is 1. The van der Waals surface area contributed by atoms with Crippen LogP contribution in [0.4, 0.5) is 9.59 Å². The van der Waals surface area contributed by atoms with Gasteiger partial charge in [0.05, 0.1) is 35.3 Å². The molecule has 8 amide bonds. The fraction of sp³-hybridized carbons (Fsp3) is 0.391. The molecule has 13 heteroatoms. The first-order valence-corrected chi connectivity index (χ1v) is 11.9. The predicted molar refractivity (Wildman–Crippen MR) is 123 cm³/mol. The van der Waals surface area contributed by atoms with E-state index in [9.17, 15) is 33.9 Å². The number of benzene rings is 1. The van der Waals surface area contributed by atoms with Gasteiger partial charge in [-0.15, -0.1) is 0 Å². The van der Waals surface area contributed by atoms with Crippen molar-refractivity contribution in [3.8, 4) is 11.5 Å². The highest BCUT2D eigenvalue weighted by Crippen LogP contribution is 2.58. The second kappa shape index (κ2) is 8.15. The Bertz CT molecular complexity index is 1310. The number of ether oxygens (including phenoxy) is 1. The van der Waals surface area contributed by atoms with Gasteiger partial charge in [-0.1, -0.05) is 11.6 Å². The minimum Gasteiger partial charge on any atom is -0.503 e. The molecule has 0 bridgehead atoms. The third kappa shape index (κ3) is 3.11. The van der Waals surface area contributed by atoms with Crippen molar-refractivity contribution in [2.24, 2.45) is 41.1 Å². The number of hydrogen-bond acceptors (Lipinski definition) is 8. The minimum absolute atomic E-state index is 0.00449. The first-order chi connectivity index (χ1) is 17.0. The third-order valence-electron chi connectivity index (χ3n) is 7.72. The molecular weight excluding hydrogens is 540 g/mol. The number of likely N-dealkylation sites (tertiary alicyclic amines) is 2. The smallest absolute Gasteiger partial charge is 0.328 e.